The van der Waals surface area contributed by atoms with Crippen LogP contribution >= 0.6 is 0 Å². The van der Waals surface area contributed by atoms with E-state index in [1.807, 2.05) is 6.07 Å². The molecule has 144 valence electrons. The third-order valence-electron chi connectivity index (χ3n) is 3.68. The summed E-state index contributed by atoms with van der Waals surface area (Å²) in [6, 6.07) is 20.5. The van der Waals surface area contributed by atoms with Crippen LogP contribution in [0.15, 0.2) is 94.2 Å². The highest BCUT2D eigenvalue weighted by Crippen LogP contribution is 2.21. The second kappa shape index (κ2) is 8.95. The number of hydrazone groups is 1. The molecule has 3 aromatic rings. The van der Waals surface area contributed by atoms with E-state index < -0.39 is 9.85 Å². The van der Waals surface area contributed by atoms with Crippen molar-refractivity contribution in [2.75, 3.05) is 5.43 Å². The van der Waals surface area contributed by atoms with Crippen LogP contribution in [0, 0.1) is 20.2 Å². The van der Waals surface area contributed by atoms with Crippen molar-refractivity contribution in [2.24, 2.45) is 15.3 Å². The standard InChI is InChI=1S/C19H14N6O4/c26-24(27)17-10-4-8-15(12-17)20-22-19(14-6-2-1-3-7-14)23-21-16-9-5-11-18(13-16)25(28)29/h1-13,20H/b22-19-,23-21?. The zero-order valence-electron chi connectivity index (χ0n) is 14.9. The number of nitrogens with zero attached hydrogens (tertiary/aromatic N) is 5. The minimum absolute atomic E-state index is 0.0790. The van der Waals surface area contributed by atoms with Gasteiger partial charge in [0.25, 0.3) is 11.4 Å². The van der Waals surface area contributed by atoms with E-state index in [9.17, 15) is 20.2 Å². The van der Waals surface area contributed by atoms with Gasteiger partial charge in [0.2, 0.25) is 5.84 Å². The molecule has 29 heavy (non-hydrogen) atoms. The monoisotopic (exact) mass is 390 g/mol. The van der Waals surface area contributed by atoms with E-state index in [4.69, 9.17) is 0 Å². The molecule has 0 spiro atoms. The van der Waals surface area contributed by atoms with Gasteiger partial charge in [-0.3, -0.25) is 25.7 Å². The lowest BCUT2D eigenvalue weighted by atomic mass is 10.2. The maximum Gasteiger partial charge on any atom is 0.271 e. The lowest BCUT2D eigenvalue weighted by Crippen LogP contribution is -2.01. The predicted molar refractivity (Wildman–Crippen MR) is 107 cm³/mol. The topological polar surface area (TPSA) is 135 Å². The zero-order chi connectivity index (χ0) is 20.6. The number of nitro benzene ring substituents is 2. The quantitative estimate of drug-likeness (QED) is 0.206. The number of rotatable bonds is 6. The molecule has 0 aliphatic heterocycles. The number of nitrogens with one attached hydrogen (secondary N) is 1. The molecule has 3 aromatic carbocycles. The molecule has 1 N–H and O–H groups in total. The molecule has 0 saturated carbocycles. The Kier molecular flexibility index (Phi) is 5.96. The summed E-state index contributed by atoms with van der Waals surface area (Å²) in [5, 5.41) is 34.1. The van der Waals surface area contributed by atoms with E-state index in [0.717, 1.165) is 0 Å². The van der Waals surface area contributed by atoms with Gasteiger partial charge in [0.1, 0.15) is 0 Å². The summed E-state index contributed by atoms with van der Waals surface area (Å²) in [6.07, 6.45) is 0. The Morgan fingerprint density at radius 1 is 0.793 bits per heavy atom. The van der Waals surface area contributed by atoms with Crippen molar-refractivity contribution in [1.82, 2.24) is 0 Å². The van der Waals surface area contributed by atoms with E-state index in [2.05, 4.69) is 20.8 Å². The molecule has 0 fully saturated rings. The molecule has 3 rings (SSSR count). The van der Waals surface area contributed by atoms with Gasteiger partial charge in [-0.1, -0.05) is 42.5 Å². The molecule has 0 atom stereocenters. The van der Waals surface area contributed by atoms with Gasteiger partial charge in [0, 0.05) is 29.8 Å². The highest BCUT2D eigenvalue weighted by atomic mass is 16.6. The number of amidine groups is 1. The van der Waals surface area contributed by atoms with Gasteiger partial charge in [0.15, 0.2) is 0 Å². The van der Waals surface area contributed by atoms with E-state index in [0.29, 0.717) is 11.3 Å². The summed E-state index contributed by atoms with van der Waals surface area (Å²) in [4.78, 5) is 20.8. The second-order valence-electron chi connectivity index (χ2n) is 5.70. The van der Waals surface area contributed by atoms with Crippen LogP contribution < -0.4 is 5.43 Å². The van der Waals surface area contributed by atoms with Crippen molar-refractivity contribution < 1.29 is 9.85 Å². The average molecular weight is 390 g/mol. The van der Waals surface area contributed by atoms with Crippen LogP contribution in [0.3, 0.4) is 0 Å². The maximum atomic E-state index is 10.9. The SMILES string of the molecule is O=[N+]([O-])c1cccc(N=N/C(=N\Nc2cccc([N+](=O)[O-])c2)c2ccccc2)c1. The molecule has 10 nitrogen and oxygen atoms in total. The maximum absolute atomic E-state index is 10.9. The molecule has 0 aliphatic carbocycles. The van der Waals surface area contributed by atoms with Crippen LogP contribution in [0.4, 0.5) is 22.7 Å². The van der Waals surface area contributed by atoms with Crippen molar-refractivity contribution in [3.05, 3.63) is 105 Å². The fraction of sp³-hybridized carbons (Fsp3) is 0. The molecule has 0 aliphatic rings. The molecule has 0 aromatic heterocycles. The van der Waals surface area contributed by atoms with Crippen molar-refractivity contribution in [2.45, 2.75) is 0 Å². The van der Waals surface area contributed by atoms with Crippen LogP contribution in [0.25, 0.3) is 0 Å². The second-order valence-corrected chi connectivity index (χ2v) is 5.70. The largest absolute Gasteiger partial charge is 0.276 e. The van der Waals surface area contributed by atoms with Crippen molar-refractivity contribution in [3.8, 4) is 0 Å². The fourth-order valence-electron chi connectivity index (χ4n) is 2.31. The lowest BCUT2D eigenvalue weighted by Gasteiger charge is -2.03. The molecular formula is C19H14N6O4. The van der Waals surface area contributed by atoms with Crippen LogP contribution in [0.1, 0.15) is 5.56 Å². The molecule has 0 amide bonds. The summed E-state index contributed by atoms with van der Waals surface area (Å²) >= 11 is 0. The van der Waals surface area contributed by atoms with E-state index in [1.165, 1.54) is 36.4 Å². The highest BCUT2D eigenvalue weighted by Gasteiger charge is 2.08. The van der Waals surface area contributed by atoms with Gasteiger partial charge in [0.05, 0.1) is 21.2 Å². The zero-order valence-corrected chi connectivity index (χ0v) is 14.9. The Balaban J connectivity index is 1.90. The first-order chi connectivity index (χ1) is 14.0. The van der Waals surface area contributed by atoms with Gasteiger partial charge in [-0.2, -0.15) is 5.10 Å². The first kappa shape index (κ1) is 19.3. The Hall–Kier alpha value is -4.47. The summed E-state index contributed by atoms with van der Waals surface area (Å²) in [6.45, 7) is 0. The normalized spacial score (nSPS) is 11.4. The van der Waals surface area contributed by atoms with Crippen LogP contribution in [0.2, 0.25) is 0 Å². The third-order valence-corrected chi connectivity index (χ3v) is 3.68. The summed E-state index contributed by atoms with van der Waals surface area (Å²) in [5.41, 5.74) is 3.87. The van der Waals surface area contributed by atoms with Crippen LogP contribution in [-0.4, -0.2) is 15.7 Å². The molecule has 0 bridgehead atoms. The van der Waals surface area contributed by atoms with E-state index in [-0.39, 0.29) is 22.9 Å². The Morgan fingerprint density at radius 2 is 1.45 bits per heavy atom. The number of hydrogen-bond acceptors (Lipinski definition) is 7. The summed E-state index contributed by atoms with van der Waals surface area (Å²) in [7, 11) is 0. The lowest BCUT2D eigenvalue weighted by molar-refractivity contribution is -0.385. The number of hydrogen-bond donors (Lipinski definition) is 1. The van der Waals surface area contributed by atoms with Crippen molar-refractivity contribution in [3.63, 3.8) is 0 Å². The van der Waals surface area contributed by atoms with Crippen LogP contribution in [-0.2, 0) is 0 Å². The summed E-state index contributed by atoms with van der Waals surface area (Å²) < 4.78 is 0. The molecule has 0 saturated heterocycles. The number of nitro groups is 2. The van der Waals surface area contributed by atoms with Gasteiger partial charge in [-0.15, -0.1) is 10.2 Å². The van der Waals surface area contributed by atoms with Crippen molar-refractivity contribution >= 4 is 28.6 Å². The minimum atomic E-state index is -0.519. The van der Waals surface area contributed by atoms with Crippen LogP contribution in [0.5, 0.6) is 0 Å². The Bertz CT molecular complexity index is 1100. The van der Waals surface area contributed by atoms with Gasteiger partial charge < -0.3 is 0 Å². The number of non-ortho nitro benzene ring substituents is 2. The molecule has 0 unspecified atom stereocenters. The number of anilines is 1. The smallest absolute Gasteiger partial charge is 0.271 e. The first-order valence-electron chi connectivity index (χ1n) is 8.33. The molecular weight excluding hydrogens is 376 g/mol. The van der Waals surface area contributed by atoms with Crippen molar-refractivity contribution in [1.29, 1.82) is 0 Å². The van der Waals surface area contributed by atoms with Gasteiger partial charge in [-0.05, 0) is 12.1 Å². The van der Waals surface area contributed by atoms with E-state index >= 15 is 0 Å². The van der Waals surface area contributed by atoms with Gasteiger partial charge >= 0.3 is 0 Å². The average Bonchev–Trinajstić information content (AvgIpc) is 2.74. The van der Waals surface area contributed by atoms with E-state index in [1.54, 1.807) is 36.4 Å². The summed E-state index contributed by atoms with van der Waals surface area (Å²) in [5.74, 6) is 0.198. The number of azo groups is 1. The minimum Gasteiger partial charge on any atom is -0.276 e. The molecule has 0 radical (unpaired) electrons. The first-order valence-corrected chi connectivity index (χ1v) is 8.33. The molecule has 0 heterocycles. The predicted octanol–water partition coefficient (Wildman–Crippen LogP) is 5.06. The Labute approximate surface area is 164 Å². The highest BCUT2D eigenvalue weighted by molar-refractivity contribution is 5.99. The Morgan fingerprint density at radius 3 is 2.14 bits per heavy atom. The third kappa shape index (κ3) is 5.26. The van der Waals surface area contributed by atoms with Gasteiger partial charge in [-0.25, -0.2) is 0 Å². The molecule has 10 heteroatoms. The fourth-order valence-corrected chi connectivity index (χ4v) is 2.31. The number of benzene rings is 3.